The maximum atomic E-state index is 12.6. The lowest BCUT2D eigenvalue weighted by molar-refractivity contribution is -0.150. The van der Waals surface area contributed by atoms with Gasteiger partial charge in [-0.2, -0.15) is 0 Å². The molecule has 120 valence electrons. The first-order chi connectivity index (χ1) is 11.2. The van der Waals surface area contributed by atoms with Gasteiger partial charge in [-0.1, -0.05) is 24.3 Å². The van der Waals surface area contributed by atoms with Gasteiger partial charge in [-0.3, -0.25) is 4.79 Å². The summed E-state index contributed by atoms with van der Waals surface area (Å²) in [6.07, 6.45) is 8.15. The summed E-state index contributed by atoms with van der Waals surface area (Å²) in [5.74, 6) is -0.0794. The van der Waals surface area contributed by atoms with Gasteiger partial charge in [0.2, 0.25) is 0 Å². The molecular formula is C19H22N2O2. The van der Waals surface area contributed by atoms with Gasteiger partial charge in [-0.15, -0.1) is 0 Å². The van der Waals surface area contributed by atoms with Crippen LogP contribution in [0.1, 0.15) is 37.7 Å². The molecule has 23 heavy (non-hydrogen) atoms. The summed E-state index contributed by atoms with van der Waals surface area (Å²) in [6.45, 7) is 1.28. The Labute approximate surface area is 135 Å². The van der Waals surface area contributed by atoms with Gasteiger partial charge in [-0.05, 0) is 43.7 Å². The minimum atomic E-state index is -1.11. The lowest BCUT2D eigenvalue weighted by atomic mass is 9.96. The van der Waals surface area contributed by atoms with Crippen LogP contribution in [0, 0.1) is 0 Å². The number of aromatic nitrogens is 1. The fraction of sp³-hybridized carbons (Fsp3) is 0.421. The van der Waals surface area contributed by atoms with Gasteiger partial charge in [0.15, 0.2) is 0 Å². The smallest absolute Gasteiger partial charge is 0.254 e. The van der Waals surface area contributed by atoms with E-state index in [1.807, 2.05) is 11.0 Å². The molecule has 1 aromatic heterocycles. The molecule has 0 bridgehead atoms. The van der Waals surface area contributed by atoms with E-state index >= 15 is 0 Å². The van der Waals surface area contributed by atoms with Crippen molar-refractivity contribution in [2.45, 2.75) is 37.7 Å². The molecule has 0 radical (unpaired) electrons. The first-order valence-electron chi connectivity index (χ1n) is 8.45. The third-order valence-electron chi connectivity index (χ3n) is 5.26. The number of hydrogen-bond acceptors (Lipinski definition) is 2. The van der Waals surface area contributed by atoms with Crippen LogP contribution in [0.25, 0.3) is 16.5 Å². The Morgan fingerprint density at radius 1 is 1.22 bits per heavy atom. The molecule has 2 aromatic rings. The zero-order valence-corrected chi connectivity index (χ0v) is 13.2. The average Bonchev–Trinajstić information content (AvgIpc) is 3.21. The quantitative estimate of drug-likeness (QED) is 0.895. The van der Waals surface area contributed by atoms with E-state index in [4.69, 9.17) is 0 Å². The second-order valence-electron chi connectivity index (χ2n) is 6.72. The van der Waals surface area contributed by atoms with Gasteiger partial charge in [0.05, 0.1) is 0 Å². The number of para-hydroxylation sites is 1. The molecule has 0 unspecified atom stereocenters. The third-order valence-corrected chi connectivity index (χ3v) is 5.26. The van der Waals surface area contributed by atoms with E-state index in [1.54, 1.807) is 0 Å². The van der Waals surface area contributed by atoms with Crippen LogP contribution in [0.2, 0.25) is 0 Å². The predicted molar refractivity (Wildman–Crippen MR) is 90.9 cm³/mol. The number of carbonyl (C=O) groups excluding carboxylic acids is 1. The molecule has 2 heterocycles. The number of hydrogen-bond donors (Lipinski definition) is 2. The first kappa shape index (κ1) is 14.5. The lowest BCUT2D eigenvalue weighted by Gasteiger charge is -2.32. The molecule has 1 aliphatic heterocycles. The fourth-order valence-electron chi connectivity index (χ4n) is 3.90. The Kier molecular flexibility index (Phi) is 3.49. The molecule has 4 heteroatoms. The van der Waals surface area contributed by atoms with Crippen molar-refractivity contribution in [1.82, 2.24) is 9.88 Å². The maximum absolute atomic E-state index is 12.6. The van der Waals surface area contributed by atoms with Crippen LogP contribution in [-0.2, 0) is 4.79 Å². The second kappa shape index (κ2) is 5.53. The SMILES string of the molecule is O=C(N1CC=C(c2c[nH]c3ccccc23)CC1)C1(O)CCCC1. The minimum absolute atomic E-state index is 0.0794. The van der Waals surface area contributed by atoms with Gasteiger partial charge in [-0.25, -0.2) is 0 Å². The summed E-state index contributed by atoms with van der Waals surface area (Å²) in [7, 11) is 0. The average molecular weight is 310 g/mol. The van der Waals surface area contributed by atoms with E-state index in [-0.39, 0.29) is 5.91 Å². The van der Waals surface area contributed by atoms with Crippen molar-refractivity contribution < 1.29 is 9.90 Å². The van der Waals surface area contributed by atoms with Crippen molar-refractivity contribution in [2.24, 2.45) is 0 Å². The van der Waals surface area contributed by atoms with Crippen LogP contribution in [0.3, 0.4) is 0 Å². The maximum Gasteiger partial charge on any atom is 0.254 e. The summed E-state index contributed by atoms with van der Waals surface area (Å²) in [5, 5.41) is 11.7. The summed E-state index contributed by atoms with van der Waals surface area (Å²) < 4.78 is 0. The Hall–Kier alpha value is -2.07. The molecule has 0 atom stereocenters. The molecule has 1 aromatic carbocycles. The van der Waals surface area contributed by atoms with Crippen LogP contribution in [0.15, 0.2) is 36.5 Å². The molecule has 0 saturated heterocycles. The number of benzene rings is 1. The van der Waals surface area contributed by atoms with Gasteiger partial charge in [0, 0.05) is 35.8 Å². The van der Waals surface area contributed by atoms with Gasteiger partial charge in [0.1, 0.15) is 5.60 Å². The van der Waals surface area contributed by atoms with Gasteiger partial charge < -0.3 is 15.0 Å². The number of H-pyrrole nitrogens is 1. The van der Waals surface area contributed by atoms with Crippen molar-refractivity contribution in [2.75, 3.05) is 13.1 Å². The Morgan fingerprint density at radius 2 is 2.00 bits per heavy atom. The molecule has 1 aliphatic carbocycles. The van der Waals surface area contributed by atoms with Crippen LogP contribution >= 0.6 is 0 Å². The summed E-state index contributed by atoms with van der Waals surface area (Å²) in [4.78, 5) is 17.7. The molecule has 1 amide bonds. The molecular weight excluding hydrogens is 288 g/mol. The highest BCUT2D eigenvalue weighted by Gasteiger charge is 2.41. The Morgan fingerprint density at radius 3 is 2.74 bits per heavy atom. The highest BCUT2D eigenvalue weighted by molar-refractivity contribution is 5.93. The number of nitrogens with one attached hydrogen (secondary N) is 1. The highest BCUT2D eigenvalue weighted by atomic mass is 16.3. The number of nitrogens with zero attached hydrogens (tertiary/aromatic N) is 1. The van der Waals surface area contributed by atoms with Crippen LogP contribution in [0.5, 0.6) is 0 Å². The number of aromatic amines is 1. The highest BCUT2D eigenvalue weighted by Crippen LogP contribution is 2.33. The fourth-order valence-corrected chi connectivity index (χ4v) is 3.90. The predicted octanol–water partition coefficient (Wildman–Crippen LogP) is 3.09. The molecule has 1 fully saturated rings. The van der Waals surface area contributed by atoms with E-state index in [0.29, 0.717) is 25.9 Å². The lowest BCUT2D eigenvalue weighted by Crippen LogP contribution is -2.48. The monoisotopic (exact) mass is 310 g/mol. The number of amides is 1. The minimum Gasteiger partial charge on any atom is -0.380 e. The standard InChI is InChI=1S/C19H22N2O2/c22-18(19(23)9-3-4-10-19)21-11-7-14(8-12-21)16-13-20-17-6-2-1-5-15(16)17/h1-2,5-7,13,20,23H,3-4,8-12H2. The normalized spacial score (nSPS) is 20.7. The zero-order valence-electron chi connectivity index (χ0n) is 13.2. The number of rotatable bonds is 2. The molecule has 2 N–H and O–H groups in total. The Balaban J connectivity index is 1.54. The number of fused-ring (bicyclic) bond motifs is 1. The number of carbonyl (C=O) groups is 1. The largest absolute Gasteiger partial charge is 0.380 e. The van der Waals surface area contributed by atoms with Crippen molar-refractivity contribution in [3.63, 3.8) is 0 Å². The van der Waals surface area contributed by atoms with E-state index in [1.165, 1.54) is 16.5 Å². The molecule has 0 spiro atoms. The summed E-state index contributed by atoms with van der Waals surface area (Å²) >= 11 is 0. The molecule has 2 aliphatic rings. The van der Waals surface area contributed by atoms with Gasteiger partial charge in [0.25, 0.3) is 5.91 Å². The van der Waals surface area contributed by atoms with Crippen molar-refractivity contribution in [3.8, 4) is 0 Å². The summed E-state index contributed by atoms with van der Waals surface area (Å²) in [6, 6.07) is 8.28. The van der Waals surface area contributed by atoms with Crippen LogP contribution < -0.4 is 0 Å². The second-order valence-corrected chi connectivity index (χ2v) is 6.72. The van der Waals surface area contributed by atoms with E-state index in [2.05, 4.69) is 35.5 Å². The zero-order chi connectivity index (χ0) is 15.9. The van der Waals surface area contributed by atoms with Crippen molar-refractivity contribution >= 4 is 22.4 Å². The molecule has 4 rings (SSSR count). The van der Waals surface area contributed by atoms with E-state index < -0.39 is 5.60 Å². The topological polar surface area (TPSA) is 56.3 Å². The van der Waals surface area contributed by atoms with E-state index in [0.717, 1.165) is 24.8 Å². The Bertz CT molecular complexity index is 769. The third kappa shape index (κ3) is 2.47. The number of aliphatic hydroxyl groups is 1. The van der Waals surface area contributed by atoms with Crippen molar-refractivity contribution in [1.29, 1.82) is 0 Å². The van der Waals surface area contributed by atoms with Crippen LogP contribution in [0.4, 0.5) is 0 Å². The summed E-state index contributed by atoms with van der Waals surface area (Å²) in [5.41, 5.74) is 2.55. The van der Waals surface area contributed by atoms with Gasteiger partial charge >= 0.3 is 0 Å². The van der Waals surface area contributed by atoms with E-state index in [9.17, 15) is 9.90 Å². The molecule has 4 nitrogen and oxygen atoms in total. The molecule has 1 saturated carbocycles. The van der Waals surface area contributed by atoms with Crippen LogP contribution in [-0.4, -0.2) is 39.6 Å². The first-order valence-corrected chi connectivity index (χ1v) is 8.45. The van der Waals surface area contributed by atoms with Crippen molar-refractivity contribution in [3.05, 3.63) is 42.1 Å².